The monoisotopic (exact) mass is 722 g/mol. The normalized spacial score (nSPS) is 10.6. The second-order valence-corrected chi connectivity index (χ2v) is 15.2. The minimum atomic E-state index is -3.22. The summed E-state index contributed by atoms with van der Waals surface area (Å²) in [6.07, 6.45) is 0. The number of nitrogens with zero attached hydrogens (tertiary/aromatic N) is 1. The zero-order chi connectivity index (χ0) is 21.6. The predicted octanol–water partition coefficient (Wildman–Crippen LogP) is 9.45. The molecule has 3 aromatic rings. The van der Waals surface area contributed by atoms with Crippen LogP contribution >= 0.6 is 107 Å². The van der Waals surface area contributed by atoms with Crippen molar-refractivity contribution in [2.75, 3.05) is 5.73 Å². The summed E-state index contributed by atoms with van der Waals surface area (Å²) in [6.45, 7) is 4.09. The van der Waals surface area contributed by atoms with Gasteiger partial charge in [-0.05, 0) is 140 Å². The van der Waals surface area contributed by atoms with E-state index in [9.17, 15) is 4.57 Å². The van der Waals surface area contributed by atoms with Crippen LogP contribution in [0.1, 0.15) is 11.1 Å². The second-order valence-electron chi connectivity index (χ2n) is 5.45. The van der Waals surface area contributed by atoms with E-state index in [-0.39, 0.29) is 0 Å². The maximum absolute atomic E-state index is 9.51. The zero-order valence-electron chi connectivity index (χ0n) is 14.5. The molecule has 0 amide bonds. The van der Waals surface area contributed by atoms with Crippen molar-refractivity contribution in [3.8, 4) is 0 Å². The topological polar surface area (TPSA) is 56.0 Å². The van der Waals surface area contributed by atoms with Gasteiger partial charge in [0.15, 0.2) is 0 Å². The Morgan fingerprint density at radius 2 is 1.46 bits per heavy atom. The Bertz CT molecular complexity index is 1020. The summed E-state index contributed by atoms with van der Waals surface area (Å²) >= 11 is 30.3. The Labute approximate surface area is 215 Å². The van der Waals surface area contributed by atoms with Crippen molar-refractivity contribution >= 4 is 124 Å². The number of fused-ring (bicyclic) bond motifs is 1. The smallest absolute Gasteiger partial charge is 0.339 e. The Kier molecular flexibility index (Phi) is 11.5. The molecule has 11 heteroatoms. The van der Waals surface area contributed by atoms with Crippen LogP contribution < -0.4 is 5.73 Å². The lowest BCUT2D eigenvalue weighted by Crippen LogP contribution is -1.86. The molecule has 0 aliphatic rings. The number of benzene rings is 2. The predicted molar refractivity (Wildman–Crippen MR) is 143 cm³/mol. The third kappa shape index (κ3) is 10.2. The Hall–Kier alpha value is 0.790. The number of nitrogen functional groups attached to an aromatic ring is 1. The number of pyridine rings is 1. The lowest BCUT2D eigenvalue weighted by molar-refractivity contribution is 0.600. The maximum atomic E-state index is 9.51. The van der Waals surface area contributed by atoms with Crippen molar-refractivity contribution in [1.82, 2.24) is 4.98 Å². The molecule has 1 heterocycles. The Balaban J connectivity index is 0.000000241. The summed E-state index contributed by atoms with van der Waals surface area (Å²) in [6, 6.07) is 11.6. The summed E-state index contributed by atoms with van der Waals surface area (Å²) in [4.78, 5) is 4.22. The molecule has 0 saturated heterocycles. The van der Waals surface area contributed by atoms with Gasteiger partial charge in [-0.2, -0.15) is 0 Å². The average molecular weight is 724 g/mol. The van der Waals surface area contributed by atoms with E-state index in [4.69, 9.17) is 28.9 Å². The molecule has 0 atom stereocenters. The number of hydrogen-bond acceptors (Lipinski definition) is 3. The van der Waals surface area contributed by atoms with Crippen LogP contribution in [0.15, 0.2) is 36.4 Å². The van der Waals surface area contributed by atoms with Gasteiger partial charge in [0, 0.05) is 18.2 Å². The van der Waals surface area contributed by atoms with Crippen LogP contribution in [-0.4, -0.2) is 4.98 Å². The van der Waals surface area contributed by atoms with Gasteiger partial charge in [-0.15, -0.1) is 0 Å². The van der Waals surface area contributed by atoms with Gasteiger partial charge in [0.25, 0.3) is 0 Å². The molecular formula is C17H14Cl5I2N2OP. The number of nitrogens with two attached hydrogens (primary N) is 1. The summed E-state index contributed by atoms with van der Waals surface area (Å²) < 4.78 is 12.0. The number of aromatic nitrogens is 1. The van der Waals surface area contributed by atoms with Crippen molar-refractivity contribution in [2.45, 2.75) is 13.8 Å². The maximum Gasteiger partial charge on any atom is 0.339 e. The van der Waals surface area contributed by atoms with E-state index in [0.29, 0.717) is 10.2 Å². The first-order chi connectivity index (χ1) is 12.8. The third-order valence-corrected chi connectivity index (χ3v) is 6.07. The molecule has 0 saturated carbocycles. The second kappa shape index (κ2) is 12.0. The molecule has 0 aliphatic heterocycles. The molecule has 28 heavy (non-hydrogen) atoms. The van der Waals surface area contributed by atoms with E-state index in [1.165, 1.54) is 18.3 Å². The molecule has 2 aromatic carbocycles. The van der Waals surface area contributed by atoms with Crippen molar-refractivity contribution in [3.05, 3.63) is 64.8 Å². The fraction of sp³-hybridized carbons (Fsp3) is 0.118. The summed E-state index contributed by atoms with van der Waals surface area (Å²) in [5.74, 6) is 0. The first kappa shape index (κ1) is 26.8. The van der Waals surface area contributed by atoms with Gasteiger partial charge in [-0.3, -0.25) is 4.57 Å². The highest BCUT2D eigenvalue weighted by Crippen LogP contribution is 2.61. The van der Waals surface area contributed by atoms with Crippen LogP contribution in [0.4, 0.5) is 5.69 Å². The number of halogens is 7. The van der Waals surface area contributed by atoms with Crippen molar-refractivity contribution in [2.24, 2.45) is 0 Å². The van der Waals surface area contributed by atoms with Gasteiger partial charge >= 0.3 is 5.20 Å². The van der Waals surface area contributed by atoms with Gasteiger partial charge < -0.3 is 5.73 Å². The fourth-order valence-corrected chi connectivity index (χ4v) is 3.26. The lowest BCUT2D eigenvalue weighted by Gasteiger charge is -2.04. The highest BCUT2D eigenvalue weighted by atomic mass is 127. The summed E-state index contributed by atoms with van der Waals surface area (Å²) in [5.41, 5.74) is 9.64. The average Bonchev–Trinajstić information content (AvgIpc) is 2.52. The van der Waals surface area contributed by atoms with Gasteiger partial charge in [-0.1, -0.05) is 23.2 Å². The van der Waals surface area contributed by atoms with Gasteiger partial charge in [-0.25, -0.2) is 4.98 Å². The highest BCUT2D eigenvalue weighted by molar-refractivity contribution is 14.1. The molecule has 0 radical (unpaired) electrons. The number of anilines is 1. The van der Waals surface area contributed by atoms with Crippen LogP contribution in [-0.2, 0) is 4.57 Å². The van der Waals surface area contributed by atoms with Crippen molar-refractivity contribution < 1.29 is 4.57 Å². The molecule has 3 nitrogen and oxygen atoms in total. The largest absolute Gasteiger partial charge is 0.399 e. The summed E-state index contributed by atoms with van der Waals surface area (Å²) in [5, 5.41) is -1.19. The first-order valence-electron chi connectivity index (χ1n) is 7.40. The third-order valence-electron chi connectivity index (χ3n) is 3.19. The van der Waals surface area contributed by atoms with Crippen LogP contribution in [0.3, 0.4) is 0 Å². The minimum Gasteiger partial charge on any atom is -0.399 e. The highest BCUT2D eigenvalue weighted by Gasteiger charge is 2.05. The number of hydrogen-bond donors (Lipinski definition) is 1. The van der Waals surface area contributed by atoms with Crippen molar-refractivity contribution in [1.29, 1.82) is 0 Å². The van der Waals surface area contributed by atoms with Gasteiger partial charge in [0.1, 0.15) is 5.15 Å². The molecule has 0 bridgehead atoms. The molecule has 3 rings (SSSR count). The number of rotatable bonds is 0. The molecular weight excluding hydrogens is 710 g/mol. The molecule has 0 fully saturated rings. The Morgan fingerprint density at radius 3 is 1.96 bits per heavy atom. The van der Waals surface area contributed by atoms with Crippen LogP contribution in [0, 0.1) is 21.0 Å². The van der Waals surface area contributed by atoms with E-state index in [0.717, 1.165) is 16.6 Å². The molecule has 0 aliphatic carbocycles. The van der Waals surface area contributed by atoms with Crippen LogP contribution in [0.2, 0.25) is 10.2 Å². The fourth-order valence-electron chi connectivity index (χ4n) is 1.95. The SMILES string of the molecule is Cc1cc(N)ccc1I.Cc1cc2nc(Cl)cc(Cl)c2cc1I.O=P(Cl)(Cl)Cl. The molecule has 0 unspecified atom stereocenters. The van der Waals surface area contributed by atoms with E-state index >= 15 is 0 Å². The Morgan fingerprint density at radius 1 is 0.929 bits per heavy atom. The molecule has 2 N–H and O–H groups in total. The van der Waals surface area contributed by atoms with Crippen LogP contribution in [0.5, 0.6) is 0 Å². The minimum absolute atomic E-state index is 0.433. The van der Waals surface area contributed by atoms with E-state index < -0.39 is 5.20 Å². The lowest BCUT2D eigenvalue weighted by atomic mass is 10.1. The zero-order valence-corrected chi connectivity index (χ0v) is 23.5. The summed E-state index contributed by atoms with van der Waals surface area (Å²) in [7, 11) is 0. The van der Waals surface area contributed by atoms with E-state index in [1.807, 2.05) is 37.3 Å². The quantitative estimate of drug-likeness (QED) is 0.109. The first-order valence-corrected chi connectivity index (χ1v) is 14.7. The number of aryl methyl sites for hydroxylation is 2. The standard InChI is InChI=1S/C10H6Cl2IN.C7H8IN.Cl3OP/c1-5-2-9-6(3-8(5)13)7(11)4-10(12)14-9;1-5-4-6(9)2-3-7(5)8;1-5(2,3)4/h2-4H,1H3;2-4H,9H2,1H3;. The van der Waals surface area contributed by atoms with Gasteiger partial charge in [0.05, 0.1) is 10.5 Å². The van der Waals surface area contributed by atoms with Gasteiger partial charge in [0.2, 0.25) is 0 Å². The van der Waals surface area contributed by atoms with E-state index in [1.54, 1.807) is 6.07 Å². The molecule has 0 spiro atoms. The van der Waals surface area contributed by atoms with Crippen LogP contribution in [0.25, 0.3) is 10.9 Å². The van der Waals surface area contributed by atoms with Crippen molar-refractivity contribution in [3.63, 3.8) is 0 Å². The molecule has 1 aromatic heterocycles. The van der Waals surface area contributed by atoms with E-state index in [2.05, 4.69) is 90.8 Å². The molecule has 152 valence electrons.